The van der Waals surface area contributed by atoms with E-state index in [2.05, 4.69) is 10.3 Å². The predicted octanol–water partition coefficient (Wildman–Crippen LogP) is 3.35. The van der Waals surface area contributed by atoms with Crippen molar-refractivity contribution in [3.05, 3.63) is 51.0 Å². The Morgan fingerprint density at radius 2 is 1.96 bits per heavy atom. The van der Waals surface area contributed by atoms with E-state index in [1.54, 1.807) is 30.7 Å². The van der Waals surface area contributed by atoms with E-state index in [0.717, 1.165) is 4.90 Å². The lowest BCUT2D eigenvalue weighted by molar-refractivity contribution is -0.131. The normalized spacial score (nSPS) is 20.6. The van der Waals surface area contributed by atoms with E-state index in [9.17, 15) is 9.59 Å². The Morgan fingerprint density at radius 1 is 1.25 bits per heavy atom. The maximum absolute atomic E-state index is 12.9. The van der Waals surface area contributed by atoms with Gasteiger partial charge in [0.2, 0.25) is 0 Å². The zero-order valence-corrected chi connectivity index (χ0v) is 15.1. The van der Waals surface area contributed by atoms with Gasteiger partial charge in [0.25, 0.3) is 5.91 Å². The number of imidazole rings is 1. The fourth-order valence-electron chi connectivity index (χ4n) is 2.63. The molecule has 1 aliphatic rings. The molecule has 3 amide bonds. The van der Waals surface area contributed by atoms with Crippen LogP contribution in [0.1, 0.15) is 18.3 Å². The fourth-order valence-corrected chi connectivity index (χ4v) is 3.37. The van der Waals surface area contributed by atoms with E-state index in [0.29, 0.717) is 26.6 Å². The Kier molecular flexibility index (Phi) is 4.23. The number of aromatic nitrogens is 2. The topological polar surface area (TPSA) is 67.2 Å². The maximum atomic E-state index is 12.9. The summed E-state index contributed by atoms with van der Waals surface area (Å²) in [5, 5.41) is 3.86. The molecule has 0 bridgehead atoms. The lowest BCUT2D eigenvalue weighted by Crippen LogP contribution is -2.41. The third-order valence-electron chi connectivity index (χ3n) is 4.07. The van der Waals surface area contributed by atoms with Gasteiger partial charge in [0.1, 0.15) is 16.5 Å². The first-order chi connectivity index (χ1) is 11.2. The lowest BCUT2D eigenvalue weighted by Gasteiger charge is -2.23. The Morgan fingerprint density at radius 3 is 2.54 bits per heavy atom. The zero-order valence-electron chi connectivity index (χ0n) is 12.8. The third kappa shape index (κ3) is 2.64. The van der Waals surface area contributed by atoms with Crippen LogP contribution < -0.4 is 5.32 Å². The van der Waals surface area contributed by atoms with Crippen LogP contribution >= 0.6 is 34.8 Å². The highest BCUT2D eigenvalue weighted by molar-refractivity contribution is 6.35. The summed E-state index contributed by atoms with van der Waals surface area (Å²) in [6.45, 7) is 1.61. The number of carbonyl (C=O) groups is 2. The van der Waals surface area contributed by atoms with Crippen molar-refractivity contribution in [2.24, 2.45) is 7.05 Å². The van der Waals surface area contributed by atoms with Gasteiger partial charge in [-0.3, -0.25) is 9.69 Å². The van der Waals surface area contributed by atoms with Gasteiger partial charge in [-0.1, -0.05) is 40.9 Å². The van der Waals surface area contributed by atoms with E-state index >= 15 is 0 Å². The first-order valence-corrected chi connectivity index (χ1v) is 8.13. The van der Waals surface area contributed by atoms with E-state index in [-0.39, 0.29) is 6.54 Å². The number of nitrogens with one attached hydrogen (secondary N) is 1. The minimum absolute atomic E-state index is 0.00862. The van der Waals surface area contributed by atoms with E-state index in [4.69, 9.17) is 34.8 Å². The van der Waals surface area contributed by atoms with Gasteiger partial charge in [0.05, 0.1) is 12.7 Å². The molecule has 2 aromatic rings. The molecule has 9 heteroatoms. The molecule has 1 aromatic carbocycles. The molecule has 1 N–H and O–H groups in total. The molecule has 2 heterocycles. The summed E-state index contributed by atoms with van der Waals surface area (Å²) in [6, 6.07) is 4.26. The molecule has 1 atom stereocenters. The van der Waals surface area contributed by atoms with Crippen molar-refractivity contribution in [1.82, 2.24) is 19.8 Å². The zero-order chi connectivity index (χ0) is 17.6. The maximum Gasteiger partial charge on any atom is 0.325 e. The molecule has 1 fully saturated rings. The molecule has 126 valence electrons. The standard InChI is InChI=1S/C15H13Cl3N4O2/c1-15(9-4-3-8(16)5-10(9)17)13(23)22(14(24)20-15)7-12-19-6-11(18)21(12)2/h3-6H,7H2,1-2H3,(H,20,24). The number of nitrogens with zero attached hydrogens (tertiary/aromatic N) is 3. The number of halogens is 3. The quantitative estimate of drug-likeness (QED) is 0.821. The summed E-state index contributed by atoms with van der Waals surface area (Å²) >= 11 is 18.0. The molecular formula is C15H13Cl3N4O2. The van der Waals surface area contributed by atoms with Crippen LogP contribution in [0.2, 0.25) is 15.2 Å². The van der Waals surface area contributed by atoms with Crippen LogP contribution in [0.25, 0.3) is 0 Å². The van der Waals surface area contributed by atoms with Crippen molar-refractivity contribution >= 4 is 46.7 Å². The van der Waals surface area contributed by atoms with E-state index in [1.165, 1.54) is 12.3 Å². The van der Waals surface area contributed by atoms with Crippen LogP contribution in [0.3, 0.4) is 0 Å². The summed E-state index contributed by atoms with van der Waals surface area (Å²) in [7, 11) is 1.71. The lowest BCUT2D eigenvalue weighted by atomic mass is 9.92. The van der Waals surface area contributed by atoms with Gasteiger partial charge in [0, 0.05) is 22.7 Å². The van der Waals surface area contributed by atoms with Crippen molar-refractivity contribution in [3.63, 3.8) is 0 Å². The third-order valence-corrected chi connectivity index (χ3v) is 4.97. The highest BCUT2D eigenvalue weighted by Crippen LogP contribution is 2.35. The van der Waals surface area contributed by atoms with Crippen LogP contribution in [-0.2, 0) is 23.9 Å². The van der Waals surface area contributed by atoms with Crippen LogP contribution in [-0.4, -0.2) is 26.4 Å². The smallest absolute Gasteiger partial charge is 0.321 e. The number of carbonyl (C=O) groups excluding carboxylic acids is 2. The number of benzene rings is 1. The first-order valence-electron chi connectivity index (χ1n) is 7.00. The molecule has 0 aliphatic carbocycles. The van der Waals surface area contributed by atoms with Gasteiger partial charge in [0.15, 0.2) is 0 Å². The molecule has 6 nitrogen and oxygen atoms in total. The van der Waals surface area contributed by atoms with Gasteiger partial charge < -0.3 is 9.88 Å². The molecule has 0 spiro atoms. The largest absolute Gasteiger partial charge is 0.325 e. The first kappa shape index (κ1) is 17.1. The number of hydrogen-bond acceptors (Lipinski definition) is 3. The van der Waals surface area contributed by atoms with Crippen molar-refractivity contribution in [3.8, 4) is 0 Å². The van der Waals surface area contributed by atoms with Crippen molar-refractivity contribution in [2.75, 3.05) is 0 Å². The van der Waals surface area contributed by atoms with E-state index < -0.39 is 17.5 Å². The molecular weight excluding hydrogens is 375 g/mol. The second-order valence-electron chi connectivity index (χ2n) is 5.63. The number of hydrogen-bond donors (Lipinski definition) is 1. The summed E-state index contributed by atoms with van der Waals surface area (Å²) < 4.78 is 1.60. The molecule has 1 saturated heterocycles. The van der Waals surface area contributed by atoms with Gasteiger partial charge in [-0.05, 0) is 19.1 Å². The molecule has 1 aliphatic heterocycles. The van der Waals surface area contributed by atoms with Crippen LogP contribution in [0.5, 0.6) is 0 Å². The minimum Gasteiger partial charge on any atom is -0.321 e. The SMILES string of the molecule is Cn1c(Cl)cnc1CN1C(=O)NC(C)(c2ccc(Cl)cc2Cl)C1=O. The van der Waals surface area contributed by atoms with Gasteiger partial charge in [-0.25, -0.2) is 9.78 Å². The second-order valence-corrected chi connectivity index (χ2v) is 6.86. The molecule has 24 heavy (non-hydrogen) atoms. The van der Waals surface area contributed by atoms with E-state index in [1.807, 2.05) is 0 Å². The minimum atomic E-state index is -1.27. The number of imide groups is 1. The second kappa shape index (κ2) is 5.95. The predicted molar refractivity (Wildman–Crippen MR) is 91.1 cm³/mol. The van der Waals surface area contributed by atoms with Crippen LogP contribution in [0.15, 0.2) is 24.4 Å². The summed E-state index contributed by atoms with van der Waals surface area (Å²) in [5.41, 5.74) is -0.791. The van der Waals surface area contributed by atoms with Crippen molar-refractivity contribution in [1.29, 1.82) is 0 Å². The van der Waals surface area contributed by atoms with Gasteiger partial charge in [-0.2, -0.15) is 0 Å². The Hall–Kier alpha value is -1.76. The van der Waals surface area contributed by atoms with Crippen molar-refractivity contribution < 1.29 is 9.59 Å². The Balaban J connectivity index is 1.94. The highest BCUT2D eigenvalue weighted by atomic mass is 35.5. The monoisotopic (exact) mass is 386 g/mol. The number of amides is 3. The van der Waals surface area contributed by atoms with Gasteiger partial charge in [-0.15, -0.1) is 0 Å². The summed E-state index contributed by atoms with van der Waals surface area (Å²) in [6.07, 6.45) is 1.46. The highest BCUT2D eigenvalue weighted by Gasteiger charge is 2.50. The van der Waals surface area contributed by atoms with Crippen LogP contribution in [0.4, 0.5) is 4.79 Å². The van der Waals surface area contributed by atoms with Crippen molar-refractivity contribution in [2.45, 2.75) is 19.0 Å². The summed E-state index contributed by atoms with van der Waals surface area (Å²) in [4.78, 5) is 30.4. The average Bonchev–Trinajstić information content (AvgIpc) is 2.93. The Labute approximate surface area is 153 Å². The van der Waals surface area contributed by atoms with Gasteiger partial charge >= 0.3 is 6.03 Å². The molecule has 0 radical (unpaired) electrons. The number of urea groups is 1. The Bertz CT molecular complexity index is 851. The molecule has 3 rings (SSSR count). The number of rotatable bonds is 3. The summed E-state index contributed by atoms with van der Waals surface area (Å²) in [5.74, 6) is 0.0748. The molecule has 0 saturated carbocycles. The average molecular weight is 388 g/mol. The fraction of sp³-hybridized carbons (Fsp3) is 0.267. The molecule has 1 aromatic heterocycles. The van der Waals surface area contributed by atoms with Crippen LogP contribution in [0, 0.1) is 0 Å². The molecule has 1 unspecified atom stereocenters.